The Morgan fingerprint density at radius 1 is 0.355 bits per heavy atom. The van der Waals surface area contributed by atoms with Gasteiger partial charge in [0.05, 0.1) is 0 Å². The van der Waals surface area contributed by atoms with E-state index >= 15 is 0 Å². The molecule has 0 saturated heterocycles. The molecule has 0 aromatic carbocycles. The summed E-state index contributed by atoms with van der Waals surface area (Å²) in [4.78, 5) is 38.0. The van der Waals surface area contributed by atoms with Crippen LogP contribution in [0, 0.1) is 0 Å². The van der Waals surface area contributed by atoms with Gasteiger partial charge < -0.3 is 14.2 Å². The van der Waals surface area contributed by atoms with Gasteiger partial charge in [0.2, 0.25) is 0 Å². The van der Waals surface area contributed by atoms with Crippen LogP contribution in [0.15, 0.2) is 97.2 Å². The van der Waals surface area contributed by atoms with Crippen LogP contribution < -0.4 is 0 Å². The predicted molar refractivity (Wildman–Crippen MR) is 265 cm³/mol. The number of rotatable bonds is 44. The van der Waals surface area contributed by atoms with Crippen molar-refractivity contribution in [2.45, 2.75) is 226 Å². The Hall–Kier alpha value is -3.67. The molecule has 0 amide bonds. The van der Waals surface area contributed by atoms with Gasteiger partial charge in [0.1, 0.15) is 13.2 Å². The summed E-state index contributed by atoms with van der Waals surface area (Å²) in [6.07, 6.45) is 65.2. The average molecular weight is 861 g/mol. The van der Waals surface area contributed by atoms with Crippen molar-refractivity contribution in [2.75, 3.05) is 13.2 Å². The maximum atomic E-state index is 12.8. The van der Waals surface area contributed by atoms with Crippen molar-refractivity contribution in [1.82, 2.24) is 0 Å². The van der Waals surface area contributed by atoms with E-state index in [-0.39, 0.29) is 31.1 Å². The molecule has 352 valence electrons. The van der Waals surface area contributed by atoms with E-state index in [9.17, 15) is 14.4 Å². The molecule has 0 radical (unpaired) electrons. The zero-order valence-electron chi connectivity index (χ0n) is 40.1. The highest BCUT2D eigenvalue weighted by atomic mass is 16.6. The largest absolute Gasteiger partial charge is 0.462 e. The van der Waals surface area contributed by atoms with E-state index in [2.05, 4.69) is 99.8 Å². The van der Waals surface area contributed by atoms with Gasteiger partial charge in [-0.2, -0.15) is 0 Å². The summed E-state index contributed by atoms with van der Waals surface area (Å²) in [5.41, 5.74) is 0. The molecule has 6 heteroatoms. The first-order valence-corrected chi connectivity index (χ1v) is 25.3. The topological polar surface area (TPSA) is 78.9 Å². The monoisotopic (exact) mass is 861 g/mol. The Labute approximate surface area is 381 Å². The number of esters is 3. The summed E-state index contributed by atoms with van der Waals surface area (Å²) in [5, 5.41) is 0. The van der Waals surface area contributed by atoms with Crippen LogP contribution in [-0.2, 0) is 28.6 Å². The van der Waals surface area contributed by atoms with Gasteiger partial charge in [-0.15, -0.1) is 0 Å². The Balaban J connectivity index is 4.47. The lowest BCUT2D eigenvalue weighted by Gasteiger charge is -2.18. The van der Waals surface area contributed by atoms with Gasteiger partial charge in [-0.1, -0.05) is 208 Å². The van der Waals surface area contributed by atoms with E-state index < -0.39 is 6.10 Å². The number of hydrogen-bond acceptors (Lipinski definition) is 6. The van der Waals surface area contributed by atoms with Crippen molar-refractivity contribution < 1.29 is 28.6 Å². The smallest absolute Gasteiger partial charge is 0.306 e. The van der Waals surface area contributed by atoms with Crippen LogP contribution in [0.5, 0.6) is 0 Å². The minimum absolute atomic E-state index is 0.0957. The number of carbonyl (C=O) groups excluding carboxylic acids is 3. The molecule has 0 aliphatic rings. The fraction of sp³-hybridized carbons (Fsp3) is 0.661. The van der Waals surface area contributed by atoms with Crippen molar-refractivity contribution in [3.05, 3.63) is 97.2 Å². The minimum Gasteiger partial charge on any atom is -0.462 e. The normalized spacial score (nSPS) is 12.9. The predicted octanol–water partition coefficient (Wildman–Crippen LogP) is 16.6. The molecule has 0 rings (SSSR count). The van der Waals surface area contributed by atoms with Gasteiger partial charge in [0.15, 0.2) is 6.10 Å². The van der Waals surface area contributed by atoms with Crippen molar-refractivity contribution in [3.8, 4) is 0 Å². The minimum atomic E-state index is -0.797. The van der Waals surface area contributed by atoms with E-state index in [4.69, 9.17) is 14.2 Å². The lowest BCUT2D eigenvalue weighted by Crippen LogP contribution is -2.30. The van der Waals surface area contributed by atoms with Gasteiger partial charge in [-0.05, 0) is 89.9 Å². The molecule has 0 aliphatic heterocycles. The molecule has 1 unspecified atom stereocenters. The van der Waals surface area contributed by atoms with Crippen molar-refractivity contribution in [2.24, 2.45) is 0 Å². The van der Waals surface area contributed by atoms with E-state index in [1.54, 1.807) is 0 Å². The number of hydrogen-bond donors (Lipinski definition) is 0. The molecule has 0 saturated carbocycles. The number of ether oxygens (including phenoxy) is 3. The Morgan fingerprint density at radius 3 is 1.18 bits per heavy atom. The average Bonchev–Trinajstić information content (AvgIpc) is 3.27. The Morgan fingerprint density at radius 2 is 0.710 bits per heavy atom. The van der Waals surface area contributed by atoms with Crippen LogP contribution in [0.2, 0.25) is 0 Å². The summed E-state index contributed by atoms with van der Waals surface area (Å²) in [7, 11) is 0. The second-order valence-electron chi connectivity index (χ2n) is 16.4. The zero-order chi connectivity index (χ0) is 45.1. The molecule has 0 heterocycles. The van der Waals surface area contributed by atoms with Crippen LogP contribution in [-0.4, -0.2) is 37.2 Å². The van der Waals surface area contributed by atoms with Gasteiger partial charge in [0.25, 0.3) is 0 Å². The second kappa shape index (κ2) is 50.0. The van der Waals surface area contributed by atoms with Crippen LogP contribution in [0.1, 0.15) is 220 Å². The highest BCUT2D eigenvalue weighted by Crippen LogP contribution is 2.14. The first-order chi connectivity index (χ1) is 30.5. The molecule has 0 aliphatic carbocycles. The fourth-order valence-electron chi connectivity index (χ4n) is 6.66. The maximum absolute atomic E-state index is 12.8. The molecule has 0 bridgehead atoms. The molecular weight excluding hydrogens is 769 g/mol. The number of unbranched alkanes of at least 4 members (excludes halogenated alkanes) is 21. The zero-order valence-corrected chi connectivity index (χ0v) is 40.1. The third-order valence-electron chi connectivity index (χ3n) is 10.4. The lowest BCUT2D eigenvalue weighted by molar-refractivity contribution is -0.167. The van der Waals surface area contributed by atoms with Crippen LogP contribution >= 0.6 is 0 Å². The highest BCUT2D eigenvalue weighted by Gasteiger charge is 2.19. The van der Waals surface area contributed by atoms with Crippen LogP contribution in [0.4, 0.5) is 0 Å². The summed E-state index contributed by atoms with van der Waals surface area (Å²) >= 11 is 0. The summed E-state index contributed by atoms with van der Waals surface area (Å²) in [6.45, 7) is 6.32. The molecule has 0 aromatic rings. The molecule has 62 heavy (non-hydrogen) atoms. The van der Waals surface area contributed by atoms with E-state index in [1.807, 2.05) is 18.2 Å². The highest BCUT2D eigenvalue weighted by molar-refractivity contribution is 5.71. The summed E-state index contributed by atoms with van der Waals surface area (Å²) < 4.78 is 16.8. The number of allylic oxidation sites excluding steroid dienone is 16. The van der Waals surface area contributed by atoms with E-state index in [0.717, 1.165) is 116 Å². The van der Waals surface area contributed by atoms with E-state index in [1.165, 1.54) is 64.2 Å². The molecule has 0 aromatic heterocycles. The van der Waals surface area contributed by atoms with Crippen LogP contribution in [0.25, 0.3) is 0 Å². The molecule has 6 nitrogen and oxygen atoms in total. The maximum Gasteiger partial charge on any atom is 0.306 e. The van der Waals surface area contributed by atoms with E-state index in [0.29, 0.717) is 19.3 Å². The lowest BCUT2D eigenvalue weighted by atomic mass is 10.1. The van der Waals surface area contributed by atoms with Gasteiger partial charge in [-0.25, -0.2) is 0 Å². The second-order valence-corrected chi connectivity index (χ2v) is 16.4. The molecule has 1 atom stereocenters. The molecule has 0 N–H and O–H groups in total. The molecule has 0 spiro atoms. The first-order valence-electron chi connectivity index (χ1n) is 25.3. The third-order valence-corrected chi connectivity index (χ3v) is 10.4. The third kappa shape index (κ3) is 47.4. The quantitative estimate of drug-likeness (QED) is 0.0200. The van der Waals surface area contributed by atoms with Gasteiger partial charge in [0, 0.05) is 19.3 Å². The van der Waals surface area contributed by atoms with Crippen molar-refractivity contribution in [1.29, 1.82) is 0 Å². The van der Waals surface area contributed by atoms with Crippen molar-refractivity contribution >= 4 is 17.9 Å². The van der Waals surface area contributed by atoms with Crippen molar-refractivity contribution in [3.63, 3.8) is 0 Å². The molecular formula is C56H92O6. The first kappa shape index (κ1) is 58.3. The molecule has 0 fully saturated rings. The van der Waals surface area contributed by atoms with Gasteiger partial charge in [-0.3, -0.25) is 14.4 Å². The van der Waals surface area contributed by atoms with Crippen LogP contribution in [0.3, 0.4) is 0 Å². The summed E-state index contributed by atoms with van der Waals surface area (Å²) in [6, 6.07) is 0. The standard InChI is InChI=1S/C56H92O6/c1-4-7-10-13-16-19-22-25-28-31-34-37-40-43-46-49-55(58)61-52-53(51-60-54(57)48-45-42-39-36-33-30-27-24-21-18-15-12-9-6-3)62-56(59)50-47-44-41-38-35-32-29-26-23-20-17-14-11-8-5-2/h7,9-10,12-13,16-23,25-26,28,53H,4-6,8,11,14-15,24,27,29-52H2,1-3H3/b10-7-,12-9-,16-13-,20-17-,21-18-,22-19-,26-23-,28-25-. The van der Waals surface area contributed by atoms with Gasteiger partial charge >= 0.3 is 17.9 Å². The fourth-order valence-corrected chi connectivity index (χ4v) is 6.66. The number of carbonyl (C=O) groups is 3. The Bertz CT molecular complexity index is 1260. The Kier molecular flexibility index (Phi) is 47.0. The SMILES string of the molecule is CC\C=C/C=C\C=C/C=C\CCCCCCCC(=O)OCC(COC(=O)CCCCCCCCC/C=C\C/C=C\CC)OC(=O)CCCCCCCC/C=C\C=C/CCCCC. The summed E-state index contributed by atoms with van der Waals surface area (Å²) in [5.74, 6) is -0.943.